The van der Waals surface area contributed by atoms with Crippen LogP contribution in [-0.2, 0) is 21.9 Å². The summed E-state index contributed by atoms with van der Waals surface area (Å²) in [7, 11) is 0. The van der Waals surface area contributed by atoms with Gasteiger partial charge in [0.15, 0.2) is 0 Å². The van der Waals surface area contributed by atoms with E-state index in [4.69, 9.17) is 0 Å². The van der Waals surface area contributed by atoms with Gasteiger partial charge in [0.1, 0.15) is 11.9 Å². The van der Waals surface area contributed by atoms with Gasteiger partial charge in [0.05, 0.1) is 0 Å². The lowest BCUT2D eigenvalue weighted by atomic mass is 10.1. The monoisotopic (exact) mass is 416 g/mol. The van der Waals surface area contributed by atoms with Crippen LogP contribution in [0.25, 0.3) is 0 Å². The van der Waals surface area contributed by atoms with Gasteiger partial charge in [-0.2, -0.15) is 11.8 Å². The van der Waals surface area contributed by atoms with Crippen LogP contribution in [0.1, 0.15) is 37.8 Å². The minimum absolute atomic E-state index is 0.0789. The molecule has 0 heterocycles. The lowest BCUT2D eigenvalue weighted by molar-refractivity contribution is -0.140. The van der Waals surface area contributed by atoms with Crippen molar-refractivity contribution in [1.29, 1.82) is 0 Å². The summed E-state index contributed by atoms with van der Waals surface area (Å²) >= 11 is 1.67. The molecule has 29 heavy (non-hydrogen) atoms. The summed E-state index contributed by atoms with van der Waals surface area (Å²) in [6.07, 6.45) is 1.12. The van der Waals surface area contributed by atoms with Gasteiger partial charge in [-0.3, -0.25) is 9.59 Å². The van der Waals surface area contributed by atoms with E-state index in [9.17, 15) is 14.0 Å². The Morgan fingerprint density at radius 3 is 2.48 bits per heavy atom. The van der Waals surface area contributed by atoms with Gasteiger partial charge in [-0.25, -0.2) is 4.39 Å². The summed E-state index contributed by atoms with van der Waals surface area (Å²) in [4.78, 5) is 26.8. The van der Waals surface area contributed by atoms with Gasteiger partial charge >= 0.3 is 0 Å². The van der Waals surface area contributed by atoms with Gasteiger partial charge in [-0.15, -0.1) is 0 Å². The number of carbonyl (C=O) groups excluding carboxylic acids is 2. The highest BCUT2D eigenvalue weighted by Crippen LogP contribution is 2.17. The second-order valence-electron chi connectivity index (χ2n) is 6.87. The van der Waals surface area contributed by atoms with E-state index in [0.29, 0.717) is 24.3 Å². The van der Waals surface area contributed by atoms with Crippen molar-refractivity contribution in [1.82, 2.24) is 10.2 Å². The predicted octanol–water partition coefficient (Wildman–Crippen LogP) is 4.39. The average molecular weight is 417 g/mol. The zero-order chi connectivity index (χ0) is 21.1. The maximum atomic E-state index is 14.1. The molecule has 2 aromatic carbocycles. The van der Waals surface area contributed by atoms with Crippen molar-refractivity contribution in [2.45, 2.75) is 45.0 Å². The van der Waals surface area contributed by atoms with Gasteiger partial charge < -0.3 is 10.2 Å². The summed E-state index contributed by atoms with van der Waals surface area (Å²) in [5, 5.41) is 2.82. The van der Waals surface area contributed by atoms with Crippen LogP contribution in [0.4, 0.5) is 4.39 Å². The summed E-state index contributed by atoms with van der Waals surface area (Å²) in [5.41, 5.74) is 1.62. The molecule has 0 fully saturated rings. The highest BCUT2D eigenvalue weighted by Gasteiger charge is 2.26. The fraction of sp³-hybridized carbons (Fsp3) is 0.391. The molecule has 0 aliphatic heterocycles. The van der Waals surface area contributed by atoms with Crippen molar-refractivity contribution in [3.05, 3.63) is 71.5 Å². The molecular weight excluding hydrogens is 387 g/mol. The molecule has 0 saturated carbocycles. The number of carbonyl (C=O) groups is 2. The number of rotatable bonds is 11. The Morgan fingerprint density at radius 1 is 1.10 bits per heavy atom. The minimum Gasteiger partial charge on any atom is -0.354 e. The van der Waals surface area contributed by atoms with E-state index in [1.807, 2.05) is 25.1 Å². The SMILES string of the molecule is CCCNC(=O)C(C)N(Cc1ccccc1F)C(=O)CCSCc1ccccc1. The fourth-order valence-corrected chi connectivity index (χ4v) is 3.75. The predicted molar refractivity (Wildman–Crippen MR) is 117 cm³/mol. The van der Waals surface area contributed by atoms with Crippen LogP contribution in [0.2, 0.25) is 0 Å². The van der Waals surface area contributed by atoms with E-state index >= 15 is 0 Å². The molecule has 0 aliphatic carbocycles. The van der Waals surface area contributed by atoms with Gasteiger partial charge in [0.2, 0.25) is 11.8 Å². The molecule has 1 atom stereocenters. The first-order valence-corrected chi connectivity index (χ1v) is 11.1. The summed E-state index contributed by atoms with van der Waals surface area (Å²) in [6, 6.07) is 15.8. The van der Waals surface area contributed by atoms with E-state index in [1.165, 1.54) is 16.5 Å². The Hall–Kier alpha value is -2.34. The number of hydrogen-bond acceptors (Lipinski definition) is 3. The minimum atomic E-state index is -0.659. The average Bonchev–Trinajstić information content (AvgIpc) is 2.74. The molecular formula is C23H29FN2O2S. The lowest BCUT2D eigenvalue weighted by Gasteiger charge is -2.29. The molecule has 0 aliphatic rings. The van der Waals surface area contributed by atoms with Crippen LogP contribution < -0.4 is 5.32 Å². The third-order valence-corrected chi connectivity index (χ3v) is 5.62. The third-order valence-electron chi connectivity index (χ3n) is 4.59. The standard InChI is InChI=1S/C23H29FN2O2S/c1-3-14-25-23(28)18(2)26(16-20-11-7-8-12-21(20)24)22(27)13-15-29-17-19-9-5-4-6-10-19/h4-12,18H,3,13-17H2,1-2H3,(H,25,28). The van der Waals surface area contributed by atoms with Crippen molar-refractivity contribution in [3.63, 3.8) is 0 Å². The largest absolute Gasteiger partial charge is 0.354 e. The molecule has 2 amide bonds. The van der Waals surface area contributed by atoms with Crippen LogP contribution in [0.15, 0.2) is 54.6 Å². The van der Waals surface area contributed by atoms with Gasteiger partial charge in [-0.1, -0.05) is 55.5 Å². The molecule has 0 aromatic heterocycles. The summed E-state index contributed by atoms with van der Waals surface area (Å²) < 4.78 is 14.1. The van der Waals surface area contributed by atoms with E-state index in [1.54, 1.807) is 36.9 Å². The summed E-state index contributed by atoms with van der Waals surface area (Å²) in [5.74, 6) is 0.741. The molecule has 6 heteroatoms. The van der Waals surface area contributed by atoms with E-state index in [0.717, 1.165) is 12.2 Å². The molecule has 0 bridgehead atoms. The Balaban J connectivity index is 1.99. The highest BCUT2D eigenvalue weighted by molar-refractivity contribution is 7.98. The first-order valence-electron chi connectivity index (χ1n) is 9.95. The van der Waals surface area contributed by atoms with Crippen molar-refractivity contribution in [2.24, 2.45) is 0 Å². The molecule has 1 N–H and O–H groups in total. The van der Waals surface area contributed by atoms with Gasteiger partial charge in [0.25, 0.3) is 0 Å². The molecule has 0 radical (unpaired) electrons. The Labute approximate surface area is 176 Å². The third kappa shape index (κ3) is 7.54. The number of nitrogens with zero attached hydrogens (tertiary/aromatic N) is 1. The maximum Gasteiger partial charge on any atom is 0.242 e. The number of nitrogens with one attached hydrogen (secondary N) is 1. The molecule has 0 spiro atoms. The molecule has 156 valence electrons. The Morgan fingerprint density at radius 2 is 1.79 bits per heavy atom. The van der Waals surface area contributed by atoms with E-state index in [2.05, 4.69) is 17.4 Å². The van der Waals surface area contributed by atoms with Crippen LogP contribution in [0.3, 0.4) is 0 Å². The lowest BCUT2D eigenvalue weighted by Crippen LogP contribution is -2.48. The maximum absolute atomic E-state index is 14.1. The van der Waals surface area contributed by atoms with Crippen molar-refractivity contribution < 1.29 is 14.0 Å². The number of benzene rings is 2. The first-order chi connectivity index (χ1) is 14.0. The van der Waals surface area contributed by atoms with Crippen molar-refractivity contribution in [2.75, 3.05) is 12.3 Å². The molecule has 2 rings (SSSR count). The van der Waals surface area contributed by atoms with Crippen LogP contribution in [0.5, 0.6) is 0 Å². The van der Waals surface area contributed by atoms with Crippen LogP contribution in [0, 0.1) is 5.82 Å². The van der Waals surface area contributed by atoms with Crippen LogP contribution >= 0.6 is 11.8 Å². The van der Waals surface area contributed by atoms with Gasteiger partial charge in [-0.05, 0) is 25.0 Å². The number of hydrogen-bond donors (Lipinski definition) is 1. The first kappa shape index (κ1) is 22.9. The quantitative estimate of drug-likeness (QED) is 0.553. The normalized spacial score (nSPS) is 11.7. The second-order valence-corrected chi connectivity index (χ2v) is 7.97. The topological polar surface area (TPSA) is 49.4 Å². The number of thioether (sulfide) groups is 1. The molecule has 0 saturated heterocycles. The van der Waals surface area contributed by atoms with Crippen LogP contribution in [-0.4, -0.2) is 35.1 Å². The van der Waals surface area contributed by atoms with Crippen molar-refractivity contribution >= 4 is 23.6 Å². The van der Waals surface area contributed by atoms with Crippen molar-refractivity contribution in [3.8, 4) is 0 Å². The number of amides is 2. The zero-order valence-corrected chi connectivity index (χ0v) is 17.9. The molecule has 1 unspecified atom stereocenters. The van der Waals surface area contributed by atoms with E-state index in [-0.39, 0.29) is 24.2 Å². The Kier molecular flexibility index (Phi) is 9.71. The second kappa shape index (κ2) is 12.3. The highest BCUT2D eigenvalue weighted by atomic mass is 32.2. The number of halogens is 1. The van der Waals surface area contributed by atoms with E-state index < -0.39 is 6.04 Å². The zero-order valence-electron chi connectivity index (χ0n) is 17.1. The molecule has 4 nitrogen and oxygen atoms in total. The summed E-state index contributed by atoms with van der Waals surface area (Å²) in [6.45, 7) is 4.30. The fourth-order valence-electron chi connectivity index (χ4n) is 2.86. The Bertz CT molecular complexity index is 785. The molecule has 2 aromatic rings. The smallest absolute Gasteiger partial charge is 0.242 e. The van der Waals surface area contributed by atoms with Gasteiger partial charge in [0, 0.05) is 36.6 Å².